The van der Waals surface area contributed by atoms with E-state index in [1.165, 1.54) is 18.3 Å². The predicted octanol–water partition coefficient (Wildman–Crippen LogP) is 1.64. The van der Waals surface area contributed by atoms with Crippen LogP contribution in [0.25, 0.3) is 0 Å². The van der Waals surface area contributed by atoms with E-state index in [1.807, 2.05) is 0 Å². The third-order valence-corrected chi connectivity index (χ3v) is 2.57. The van der Waals surface area contributed by atoms with Crippen LogP contribution in [-0.4, -0.2) is 34.7 Å². The first-order valence-corrected chi connectivity index (χ1v) is 6.12. The SMILES string of the molecule is N/C(=N/O)c1ccc(C(=O)NCCCCC(F)(F)F)nc1. The first-order valence-electron chi connectivity index (χ1n) is 6.12. The van der Waals surface area contributed by atoms with Gasteiger partial charge in [-0.3, -0.25) is 9.78 Å². The lowest BCUT2D eigenvalue weighted by molar-refractivity contribution is -0.135. The van der Waals surface area contributed by atoms with Crippen LogP contribution in [-0.2, 0) is 0 Å². The highest BCUT2D eigenvalue weighted by Crippen LogP contribution is 2.21. The van der Waals surface area contributed by atoms with Gasteiger partial charge in [-0.05, 0) is 25.0 Å². The van der Waals surface area contributed by atoms with Gasteiger partial charge in [0.2, 0.25) is 0 Å². The largest absolute Gasteiger partial charge is 0.409 e. The molecule has 0 spiro atoms. The third kappa shape index (κ3) is 6.11. The van der Waals surface area contributed by atoms with Crippen LogP contribution in [0.3, 0.4) is 0 Å². The van der Waals surface area contributed by atoms with Crippen molar-refractivity contribution in [3.05, 3.63) is 29.6 Å². The molecule has 0 unspecified atom stereocenters. The molecule has 0 aromatic carbocycles. The lowest BCUT2D eigenvalue weighted by Gasteiger charge is -2.07. The molecule has 0 fully saturated rings. The van der Waals surface area contributed by atoms with Gasteiger partial charge in [0.1, 0.15) is 5.69 Å². The quantitative estimate of drug-likeness (QED) is 0.244. The number of halogens is 3. The second-order valence-electron chi connectivity index (χ2n) is 4.25. The van der Waals surface area contributed by atoms with Gasteiger partial charge in [-0.1, -0.05) is 5.16 Å². The number of oxime groups is 1. The Kier molecular flexibility index (Phi) is 5.94. The van der Waals surface area contributed by atoms with E-state index in [-0.39, 0.29) is 30.9 Å². The summed E-state index contributed by atoms with van der Waals surface area (Å²) >= 11 is 0. The van der Waals surface area contributed by atoms with Crippen LogP contribution >= 0.6 is 0 Å². The van der Waals surface area contributed by atoms with Crippen LogP contribution < -0.4 is 11.1 Å². The number of amidine groups is 1. The monoisotopic (exact) mass is 304 g/mol. The summed E-state index contributed by atoms with van der Waals surface area (Å²) in [5.74, 6) is -0.630. The number of nitrogens with two attached hydrogens (primary N) is 1. The number of amides is 1. The number of rotatable bonds is 6. The number of hydrogen-bond donors (Lipinski definition) is 3. The van der Waals surface area contributed by atoms with E-state index in [1.54, 1.807) is 0 Å². The van der Waals surface area contributed by atoms with Crippen molar-refractivity contribution in [2.75, 3.05) is 6.54 Å². The smallest absolute Gasteiger partial charge is 0.389 e. The molecule has 1 aromatic rings. The molecule has 4 N–H and O–H groups in total. The Morgan fingerprint density at radius 2 is 2.10 bits per heavy atom. The van der Waals surface area contributed by atoms with Crippen molar-refractivity contribution in [1.82, 2.24) is 10.3 Å². The van der Waals surface area contributed by atoms with Crippen LogP contribution in [0.15, 0.2) is 23.5 Å². The lowest BCUT2D eigenvalue weighted by Crippen LogP contribution is -2.26. The highest BCUT2D eigenvalue weighted by Gasteiger charge is 2.25. The molecule has 0 saturated carbocycles. The first kappa shape index (κ1) is 16.7. The average Bonchev–Trinajstić information content (AvgIpc) is 2.44. The van der Waals surface area contributed by atoms with Gasteiger partial charge in [0, 0.05) is 24.7 Å². The molecule has 1 heterocycles. The van der Waals surface area contributed by atoms with Gasteiger partial charge in [-0.25, -0.2) is 0 Å². The van der Waals surface area contributed by atoms with Crippen molar-refractivity contribution in [2.24, 2.45) is 10.9 Å². The first-order chi connectivity index (χ1) is 9.83. The Bertz CT molecular complexity index is 500. The molecule has 0 aliphatic carbocycles. The van der Waals surface area contributed by atoms with E-state index in [2.05, 4.69) is 15.5 Å². The van der Waals surface area contributed by atoms with E-state index in [9.17, 15) is 18.0 Å². The number of nitrogens with zero attached hydrogens (tertiary/aromatic N) is 2. The molecule has 0 atom stereocenters. The summed E-state index contributed by atoms with van der Waals surface area (Å²) in [6.45, 7) is 0.137. The van der Waals surface area contributed by atoms with Crippen LogP contribution in [0, 0.1) is 0 Å². The maximum Gasteiger partial charge on any atom is 0.389 e. The number of alkyl halides is 3. The van der Waals surface area contributed by atoms with Crippen molar-refractivity contribution >= 4 is 11.7 Å². The molecule has 9 heteroatoms. The summed E-state index contributed by atoms with van der Waals surface area (Å²) in [6.07, 6.45) is -3.59. The van der Waals surface area contributed by atoms with E-state index < -0.39 is 18.5 Å². The molecule has 21 heavy (non-hydrogen) atoms. The summed E-state index contributed by atoms with van der Waals surface area (Å²) in [5, 5.41) is 13.7. The zero-order valence-corrected chi connectivity index (χ0v) is 11.0. The molecule has 0 aliphatic rings. The molecule has 6 nitrogen and oxygen atoms in total. The topological polar surface area (TPSA) is 101 Å². The molecule has 0 aliphatic heterocycles. The molecule has 0 radical (unpaired) electrons. The Morgan fingerprint density at radius 1 is 1.38 bits per heavy atom. The molecule has 0 bridgehead atoms. The number of unbranched alkanes of at least 4 members (excludes halogenated alkanes) is 1. The zero-order chi connectivity index (χ0) is 15.9. The minimum Gasteiger partial charge on any atom is -0.409 e. The molecule has 116 valence electrons. The molecular formula is C12H15F3N4O2. The molecule has 1 rings (SSSR count). The van der Waals surface area contributed by atoms with E-state index in [0.717, 1.165) is 0 Å². The molecule has 1 aromatic heterocycles. The average molecular weight is 304 g/mol. The van der Waals surface area contributed by atoms with Crippen molar-refractivity contribution in [3.63, 3.8) is 0 Å². The van der Waals surface area contributed by atoms with E-state index in [0.29, 0.717) is 5.56 Å². The van der Waals surface area contributed by atoms with Crippen LogP contribution in [0.4, 0.5) is 13.2 Å². The third-order valence-electron chi connectivity index (χ3n) is 2.57. The van der Waals surface area contributed by atoms with Gasteiger partial charge >= 0.3 is 6.18 Å². The second kappa shape index (κ2) is 7.46. The minimum atomic E-state index is -4.17. The lowest BCUT2D eigenvalue weighted by atomic mass is 10.2. The summed E-state index contributed by atoms with van der Waals surface area (Å²) in [4.78, 5) is 15.5. The van der Waals surface area contributed by atoms with Crippen LogP contribution in [0.1, 0.15) is 35.3 Å². The normalized spacial score (nSPS) is 12.2. The fourth-order valence-corrected chi connectivity index (χ4v) is 1.48. The summed E-state index contributed by atoms with van der Waals surface area (Å²) in [7, 11) is 0. The second-order valence-corrected chi connectivity index (χ2v) is 4.25. The highest BCUT2D eigenvalue weighted by atomic mass is 19.4. The van der Waals surface area contributed by atoms with Gasteiger partial charge in [-0.2, -0.15) is 13.2 Å². The van der Waals surface area contributed by atoms with Crippen LogP contribution in [0.2, 0.25) is 0 Å². The number of carbonyl (C=O) groups is 1. The summed E-state index contributed by atoms with van der Waals surface area (Å²) in [5.41, 5.74) is 5.78. The maximum absolute atomic E-state index is 11.9. The Labute approximate surface area is 118 Å². The van der Waals surface area contributed by atoms with Gasteiger partial charge in [0.05, 0.1) is 0 Å². The van der Waals surface area contributed by atoms with Gasteiger partial charge in [0.15, 0.2) is 5.84 Å². The molecular weight excluding hydrogens is 289 g/mol. The van der Waals surface area contributed by atoms with Crippen molar-refractivity contribution in [2.45, 2.75) is 25.4 Å². The number of nitrogens with one attached hydrogen (secondary N) is 1. The standard InChI is InChI=1S/C12H15F3N4O2/c13-12(14,15)5-1-2-6-17-11(20)9-4-3-8(7-18-9)10(16)19-21/h3-4,7,21H,1-2,5-6H2,(H2,16,19)(H,17,20). The molecule has 1 amide bonds. The zero-order valence-electron chi connectivity index (χ0n) is 11.0. The number of pyridine rings is 1. The van der Waals surface area contributed by atoms with Crippen molar-refractivity contribution in [1.29, 1.82) is 0 Å². The van der Waals surface area contributed by atoms with Gasteiger partial charge in [0.25, 0.3) is 5.91 Å². The fraction of sp³-hybridized carbons (Fsp3) is 0.417. The summed E-state index contributed by atoms with van der Waals surface area (Å²) in [6, 6.07) is 2.82. The van der Waals surface area contributed by atoms with Crippen LogP contribution in [0.5, 0.6) is 0 Å². The fourth-order valence-electron chi connectivity index (χ4n) is 1.48. The van der Waals surface area contributed by atoms with E-state index >= 15 is 0 Å². The van der Waals surface area contributed by atoms with E-state index in [4.69, 9.17) is 10.9 Å². The molecule has 0 saturated heterocycles. The predicted molar refractivity (Wildman–Crippen MR) is 69.0 cm³/mol. The highest BCUT2D eigenvalue weighted by molar-refractivity contribution is 5.98. The minimum absolute atomic E-state index is 0.0420. The van der Waals surface area contributed by atoms with Gasteiger partial charge in [-0.15, -0.1) is 0 Å². The maximum atomic E-state index is 11.9. The van der Waals surface area contributed by atoms with Gasteiger partial charge < -0.3 is 16.3 Å². The Balaban J connectivity index is 2.39. The Hall–Kier alpha value is -2.32. The number of carbonyl (C=O) groups excluding carboxylic acids is 1. The Morgan fingerprint density at radius 3 is 2.62 bits per heavy atom. The van der Waals surface area contributed by atoms with Crippen molar-refractivity contribution in [3.8, 4) is 0 Å². The van der Waals surface area contributed by atoms with Crippen molar-refractivity contribution < 1.29 is 23.2 Å². The summed E-state index contributed by atoms with van der Waals surface area (Å²) < 4.78 is 35.7. The number of hydrogen-bond acceptors (Lipinski definition) is 4. The number of aromatic nitrogens is 1.